The molecule has 126 valence electrons. The van der Waals surface area contributed by atoms with Gasteiger partial charge in [-0.05, 0) is 50.8 Å². The Morgan fingerprint density at radius 3 is 2.12 bits per heavy atom. The Labute approximate surface area is 150 Å². The molecular weight excluding hydrogens is 304 g/mol. The molecule has 0 bridgehead atoms. The molecule has 0 aromatic heterocycles. The maximum atomic E-state index is 10.8. The van der Waals surface area contributed by atoms with E-state index in [-0.39, 0.29) is 5.41 Å². The smallest absolute Gasteiger partial charge is 0.104 e. The van der Waals surface area contributed by atoms with Crippen LogP contribution in [-0.4, -0.2) is 5.11 Å². The maximum absolute atomic E-state index is 10.8. The highest BCUT2D eigenvalue weighted by molar-refractivity contribution is 5.77. The van der Waals surface area contributed by atoms with Crippen LogP contribution >= 0.6 is 0 Å². The van der Waals surface area contributed by atoms with Crippen LogP contribution in [0.15, 0.2) is 66.7 Å². The predicted molar refractivity (Wildman–Crippen MR) is 104 cm³/mol. The molecule has 0 saturated heterocycles. The first-order valence-corrected chi connectivity index (χ1v) is 8.93. The van der Waals surface area contributed by atoms with Crippen molar-refractivity contribution in [3.8, 4) is 11.1 Å². The minimum Gasteiger partial charge on any atom is -0.384 e. The van der Waals surface area contributed by atoms with Crippen molar-refractivity contribution in [1.29, 1.82) is 0 Å². The summed E-state index contributed by atoms with van der Waals surface area (Å²) < 4.78 is 0. The lowest BCUT2D eigenvalue weighted by Gasteiger charge is -2.20. The van der Waals surface area contributed by atoms with Crippen molar-refractivity contribution in [2.45, 2.75) is 38.7 Å². The van der Waals surface area contributed by atoms with Gasteiger partial charge in [-0.2, -0.15) is 0 Å². The van der Waals surface area contributed by atoms with E-state index in [0.29, 0.717) is 0 Å². The molecule has 0 spiro atoms. The fraction of sp³-hybridized carbons (Fsp3) is 0.250. The third-order valence-corrected chi connectivity index (χ3v) is 5.23. The molecule has 3 aromatic rings. The van der Waals surface area contributed by atoms with Crippen LogP contribution in [0, 0.1) is 0 Å². The van der Waals surface area contributed by atoms with Gasteiger partial charge in [0.1, 0.15) is 6.10 Å². The Kier molecular flexibility index (Phi) is 3.77. The van der Waals surface area contributed by atoms with Gasteiger partial charge in [0.15, 0.2) is 0 Å². The van der Waals surface area contributed by atoms with Gasteiger partial charge in [-0.15, -0.1) is 0 Å². The van der Waals surface area contributed by atoms with Crippen LogP contribution in [0.25, 0.3) is 11.1 Å². The number of hydrogen-bond donors (Lipinski definition) is 1. The van der Waals surface area contributed by atoms with Crippen molar-refractivity contribution in [2.24, 2.45) is 0 Å². The first kappa shape index (κ1) is 16.1. The molecule has 25 heavy (non-hydrogen) atoms. The van der Waals surface area contributed by atoms with E-state index in [1.807, 2.05) is 12.1 Å². The molecule has 1 atom stereocenters. The summed E-state index contributed by atoms with van der Waals surface area (Å²) in [5, 5.41) is 10.8. The Hall–Kier alpha value is -2.38. The van der Waals surface area contributed by atoms with E-state index < -0.39 is 6.10 Å². The lowest BCUT2D eigenvalue weighted by Crippen LogP contribution is -2.11. The van der Waals surface area contributed by atoms with E-state index in [0.717, 1.165) is 17.5 Å². The normalized spacial score (nSPS) is 14.1. The minimum absolute atomic E-state index is 0.128. The zero-order valence-electron chi connectivity index (χ0n) is 15.1. The van der Waals surface area contributed by atoms with E-state index >= 15 is 0 Å². The van der Waals surface area contributed by atoms with Crippen LogP contribution in [0.2, 0.25) is 0 Å². The number of aliphatic hydroxyl groups excluding tert-OH is 1. The summed E-state index contributed by atoms with van der Waals surface area (Å²) in [4.78, 5) is 0. The molecule has 3 aromatic carbocycles. The first-order chi connectivity index (χ1) is 11.9. The average Bonchev–Trinajstić information content (AvgIpc) is 2.98. The van der Waals surface area contributed by atoms with Crippen LogP contribution in [0.3, 0.4) is 0 Å². The second-order valence-electron chi connectivity index (χ2n) is 8.03. The largest absolute Gasteiger partial charge is 0.384 e. The summed E-state index contributed by atoms with van der Waals surface area (Å²) in [5.74, 6) is 0. The highest BCUT2D eigenvalue weighted by Gasteiger charge is 2.20. The van der Waals surface area contributed by atoms with Gasteiger partial charge in [-0.25, -0.2) is 0 Å². The molecule has 1 nitrogen and oxygen atoms in total. The van der Waals surface area contributed by atoms with Crippen molar-refractivity contribution < 1.29 is 5.11 Å². The molecule has 1 N–H and O–H groups in total. The molecule has 0 radical (unpaired) electrons. The predicted octanol–water partition coefficient (Wildman–Crippen LogP) is 5.64. The van der Waals surface area contributed by atoms with Crippen LogP contribution in [0.5, 0.6) is 0 Å². The lowest BCUT2D eigenvalue weighted by molar-refractivity contribution is 0.220. The fourth-order valence-corrected chi connectivity index (χ4v) is 3.69. The minimum atomic E-state index is -0.581. The van der Waals surface area contributed by atoms with Crippen molar-refractivity contribution in [1.82, 2.24) is 0 Å². The summed E-state index contributed by atoms with van der Waals surface area (Å²) in [6.07, 6.45) is 0.373. The van der Waals surface area contributed by atoms with Gasteiger partial charge in [0, 0.05) is 0 Å². The van der Waals surface area contributed by atoms with E-state index in [9.17, 15) is 5.11 Å². The van der Waals surface area contributed by atoms with E-state index in [1.54, 1.807) is 0 Å². The first-order valence-electron chi connectivity index (χ1n) is 8.93. The fourth-order valence-electron chi connectivity index (χ4n) is 3.69. The Balaban J connectivity index is 1.64. The Morgan fingerprint density at radius 1 is 0.760 bits per heavy atom. The highest BCUT2D eigenvalue weighted by Crippen LogP contribution is 2.38. The highest BCUT2D eigenvalue weighted by atomic mass is 16.3. The topological polar surface area (TPSA) is 20.2 Å². The molecule has 0 fully saturated rings. The molecule has 4 rings (SSSR count). The summed E-state index contributed by atoms with van der Waals surface area (Å²) in [7, 11) is 0. The van der Waals surface area contributed by atoms with Crippen LogP contribution in [0.1, 0.15) is 54.7 Å². The number of rotatable bonds is 2. The van der Waals surface area contributed by atoms with Gasteiger partial charge in [0.25, 0.3) is 0 Å². The average molecular weight is 328 g/mol. The summed E-state index contributed by atoms with van der Waals surface area (Å²) in [6, 6.07) is 23.3. The van der Waals surface area contributed by atoms with Gasteiger partial charge in [-0.3, -0.25) is 0 Å². The van der Waals surface area contributed by atoms with E-state index in [2.05, 4.69) is 75.4 Å². The molecular formula is C24H24O. The van der Waals surface area contributed by atoms with Crippen molar-refractivity contribution in [3.05, 3.63) is 94.5 Å². The monoisotopic (exact) mass is 328 g/mol. The lowest BCUT2D eigenvalue weighted by atomic mass is 9.86. The molecule has 1 heteroatoms. The van der Waals surface area contributed by atoms with Crippen LogP contribution < -0.4 is 0 Å². The SMILES string of the molecule is CC(C)(C)c1ccc([C@H](O)c2ccc3c(c2)Cc2ccccc2-3)cc1. The quantitative estimate of drug-likeness (QED) is 0.505. The van der Waals surface area contributed by atoms with Gasteiger partial charge >= 0.3 is 0 Å². The van der Waals surface area contributed by atoms with Crippen LogP contribution in [-0.2, 0) is 11.8 Å². The second-order valence-corrected chi connectivity index (χ2v) is 8.03. The molecule has 1 aliphatic carbocycles. The molecule has 0 saturated carbocycles. The van der Waals surface area contributed by atoms with Crippen molar-refractivity contribution >= 4 is 0 Å². The zero-order valence-corrected chi connectivity index (χ0v) is 15.1. The number of benzene rings is 3. The Morgan fingerprint density at radius 2 is 1.40 bits per heavy atom. The standard InChI is InChI=1S/C24H24O/c1-24(2,3)20-11-8-16(9-12-20)23(25)18-10-13-22-19(15-18)14-17-6-4-5-7-21(17)22/h4-13,15,23,25H,14H2,1-3H3/t23-/m0/s1. The summed E-state index contributed by atoms with van der Waals surface area (Å²) in [5.41, 5.74) is 8.64. The zero-order chi connectivity index (χ0) is 17.6. The maximum Gasteiger partial charge on any atom is 0.104 e. The number of fused-ring (bicyclic) bond motifs is 3. The number of hydrogen-bond acceptors (Lipinski definition) is 1. The third kappa shape index (κ3) is 2.89. The van der Waals surface area contributed by atoms with Gasteiger partial charge in [0.05, 0.1) is 0 Å². The molecule has 0 amide bonds. The molecule has 0 aliphatic heterocycles. The van der Waals surface area contributed by atoms with Gasteiger partial charge in [0.2, 0.25) is 0 Å². The van der Waals surface area contributed by atoms with Gasteiger partial charge < -0.3 is 5.11 Å². The van der Waals surface area contributed by atoms with E-state index in [1.165, 1.54) is 27.8 Å². The van der Waals surface area contributed by atoms with Gasteiger partial charge in [-0.1, -0.05) is 87.5 Å². The van der Waals surface area contributed by atoms with Crippen molar-refractivity contribution in [2.75, 3.05) is 0 Å². The number of aliphatic hydroxyl groups is 1. The Bertz CT molecular complexity index is 914. The summed E-state index contributed by atoms with van der Waals surface area (Å²) >= 11 is 0. The molecule has 0 heterocycles. The second kappa shape index (κ2) is 5.86. The summed E-state index contributed by atoms with van der Waals surface area (Å²) in [6.45, 7) is 6.61. The van der Waals surface area contributed by atoms with E-state index in [4.69, 9.17) is 0 Å². The molecule has 0 unspecified atom stereocenters. The molecule has 1 aliphatic rings. The van der Waals surface area contributed by atoms with Crippen molar-refractivity contribution in [3.63, 3.8) is 0 Å². The third-order valence-electron chi connectivity index (χ3n) is 5.23. The van der Waals surface area contributed by atoms with Crippen LogP contribution in [0.4, 0.5) is 0 Å².